The first kappa shape index (κ1) is 16.5. The van der Waals surface area contributed by atoms with Crippen LogP contribution in [0.15, 0.2) is 42.5 Å². The maximum Gasteiger partial charge on any atom is 0.238 e. The first-order valence-electron chi connectivity index (χ1n) is 8.18. The van der Waals surface area contributed by atoms with Crippen LogP contribution in [-0.4, -0.2) is 17.1 Å². The summed E-state index contributed by atoms with van der Waals surface area (Å²) in [6.45, 7) is 4.39. The Balaban J connectivity index is 1.61. The van der Waals surface area contributed by atoms with Gasteiger partial charge in [-0.3, -0.25) is 4.79 Å². The van der Waals surface area contributed by atoms with Crippen molar-refractivity contribution in [3.8, 4) is 5.75 Å². The minimum atomic E-state index is -0.320. The lowest BCUT2D eigenvalue weighted by atomic mass is 9.96. The van der Waals surface area contributed by atoms with Gasteiger partial charge in [0.1, 0.15) is 11.8 Å². The Morgan fingerprint density at radius 3 is 2.67 bits per heavy atom. The summed E-state index contributed by atoms with van der Waals surface area (Å²) >= 11 is 0. The van der Waals surface area contributed by atoms with E-state index < -0.39 is 0 Å². The topological polar surface area (TPSA) is 73.4 Å². The fraction of sp³-hybridized carbons (Fsp3) is 0.316. The van der Waals surface area contributed by atoms with Gasteiger partial charge in [-0.15, -0.1) is 0 Å². The lowest BCUT2D eigenvalue weighted by Crippen LogP contribution is -2.42. The number of hydrogen-bond acceptors (Lipinski definition) is 4. The van der Waals surface area contributed by atoms with Crippen LogP contribution in [0, 0.1) is 13.8 Å². The van der Waals surface area contributed by atoms with Crippen LogP contribution in [0.4, 0.5) is 0 Å². The van der Waals surface area contributed by atoms with E-state index in [0.717, 1.165) is 22.3 Å². The number of rotatable bonds is 4. The monoisotopic (exact) mass is 325 g/mol. The number of hydrogen-bond donors (Lipinski definition) is 4. The quantitative estimate of drug-likeness (QED) is 0.695. The second kappa shape index (κ2) is 7.03. The zero-order valence-corrected chi connectivity index (χ0v) is 14.0. The fourth-order valence-corrected chi connectivity index (χ4v) is 2.94. The van der Waals surface area contributed by atoms with E-state index in [1.54, 1.807) is 0 Å². The van der Waals surface area contributed by atoms with Crippen LogP contribution in [0.5, 0.6) is 5.75 Å². The van der Waals surface area contributed by atoms with Crippen LogP contribution >= 0.6 is 0 Å². The number of phenols is 1. The normalized spacial score (nSPS) is 20.1. The highest BCUT2D eigenvalue weighted by molar-refractivity contribution is 5.82. The number of aryl methyl sites for hydroxylation is 1. The summed E-state index contributed by atoms with van der Waals surface area (Å²) in [5.41, 5.74) is 9.98. The Morgan fingerprint density at radius 2 is 1.92 bits per heavy atom. The molecule has 4 N–H and O–H groups in total. The summed E-state index contributed by atoms with van der Waals surface area (Å²) in [6.07, 6.45) is 0.594. The molecule has 2 aromatic carbocycles. The lowest BCUT2D eigenvalue weighted by Gasteiger charge is -2.15. The molecule has 3 rings (SSSR count). The van der Waals surface area contributed by atoms with Crippen LogP contribution in [-0.2, 0) is 11.3 Å². The van der Waals surface area contributed by atoms with Crippen LogP contribution < -0.4 is 16.2 Å². The average molecular weight is 325 g/mol. The maximum atomic E-state index is 12.3. The number of aromatic hydroxyl groups is 1. The third-order valence-electron chi connectivity index (χ3n) is 4.64. The molecule has 0 bridgehead atoms. The van der Waals surface area contributed by atoms with E-state index in [0.29, 0.717) is 18.7 Å². The molecule has 2 atom stereocenters. The van der Waals surface area contributed by atoms with E-state index in [4.69, 9.17) is 0 Å². The number of carbonyl (C=O) groups excluding carboxylic acids is 1. The molecule has 1 aliphatic rings. The largest absolute Gasteiger partial charge is 0.507 e. The van der Waals surface area contributed by atoms with Gasteiger partial charge in [-0.1, -0.05) is 42.5 Å². The van der Waals surface area contributed by atoms with Gasteiger partial charge < -0.3 is 10.4 Å². The van der Waals surface area contributed by atoms with Gasteiger partial charge in [0, 0.05) is 12.1 Å². The molecule has 0 aliphatic carbocycles. The van der Waals surface area contributed by atoms with Crippen LogP contribution in [0.1, 0.15) is 34.7 Å². The van der Waals surface area contributed by atoms with E-state index in [1.807, 2.05) is 56.3 Å². The van der Waals surface area contributed by atoms with Crippen molar-refractivity contribution in [1.29, 1.82) is 0 Å². The molecule has 2 aromatic rings. The first-order chi connectivity index (χ1) is 11.6. The van der Waals surface area contributed by atoms with Gasteiger partial charge in [0.05, 0.1) is 6.04 Å². The zero-order valence-electron chi connectivity index (χ0n) is 14.0. The highest BCUT2D eigenvalue weighted by Crippen LogP contribution is 2.33. The molecule has 2 unspecified atom stereocenters. The summed E-state index contributed by atoms with van der Waals surface area (Å²) in [6, 6.07) is 13.3. The van der Waals surface area contributed by atoms with Gasteiger partial charge in [-0.2, -0.15) is 0 Å². The molecule has 1 amide bonds. The van der Waals surface area contributed by atoms with Crippen molar-refractivity contribution in [3.05, 3.63) is 64.7 Å². The predicted molar refractivity (Wildman–Crippen MR) is 93.3 cm³/mol. The Hall–Kier alpha value is -2.37. The minimum absolute atomic E-state index is 0.0443. The van der Waals surface area contributed by atoms with Gasteiger partial charge in [-0.25, -0.2) is 10.9 Å². The molecular formula is C19H23N3O2. The second-order valence-electron chi connectivity index (χ2n) is 6.28. The standard InChI is InChI=1S/C19H23N3O2/c1-12-8-9-15(18(23)13(12)2)16-10-17(22-21-16)19(24)20-11-14-6-4-3-5-7-14/h3-9,16-17,21-23H,10-11H2,1-2H3,(H,20,24). The number of benzene rings is 2. The number of hydrazine groups is 1. The molecule has 1 heterocycles. The number of carbonyl (C=O) groups is 1. The third-order valence-corrected chi connectivity index (χ3v) is 4.64. The number of phenolic OH excluding ortho intramolecular Hbond substituents is 1. The number of nitrogens with one attached hydrogen (secondary N) is 3. The molecule has 0 radical (unpaired) electrons. The molecule has 5 heteroatoms. The highest BCUT2D eigenvalue weighted by Gasteiger charge is 2.31. The van der Waals surface area contributed by atoms with Crippen molar-refractivity contribution >= 4 is 5.91 Å². The van der Waals surface area contributed by atoms with Crippen molar-refractivity contribution in [3.63, 3.8) is 0 Å². The Bertz CT molecular complexity index is 731. The Morgan fingerprint density at radius 1 is 1.17 bits per heavy atom. The van der Waals surface area contributed by atoms with E-state index in [2.05, 4.69) is 16.2 Å². The van der Waals surface area contributed by atoms with Gasteiger partial charge in [0.2, 0.25) is 5.91 Å². The number of amides is 1. The smallest absolute Gasteiger partial charge is 0.238 e. The molecule has 1 saturated heterocycles. The lowest BCUT2D eigenvalue weighted by molar-refractivity contribution is -0.123. The molecular weight excluding hydrogens is 302 g/mol. The van der Waals surface area contributed by atoms with E-state index >= 15 is 0 Å². The van der Waals surface area contributed by atoms with Gasteiger partial charge >= 0.3 is 0 Å². The molecule has 24 heavy (non-hydrogen) atoms. The van der Waals surface area contributed by atoms with E-state index in [-0.39, 0.29) is 18.0 Å². The summed E-state index contributed by atoms with van der Waals surface area (Å²) < 4.78 is 0. The second-order valence-corrected chi connectivity index (χ2v) is 6.28. The maximum absolute atomic E-state index is 12.3. The van der Waals surface area contributed by atoms with Crippen molar-refractivity contribution < 1.29 is 9.90 Å². The SMILES string of the molecule is Cc1ccc(C2CC(C(=O)NCc3ccccc3)NN2)c(O)c1C. The summed E-state index contributed by atoms with van der Waals surface area (Å²) in [5, 5.41) is 13.3. The van der Waals surface area contributed by atoms with Crippen LogP contribution in [0.2, 0.25) is 0 Å². The fourth-order valence-electron chi connectivity index (χ4n) is 2.94. The van der Waals surface area contributed by atoms with Crippen molar-refractivity contribution in [2.75, 3.05) is 0 Å². The molecule has 0 spiro atoms. The molecule has 1 fully saturated rings. The van der Waals surface area contributed by atoms with E-state index in [1.165, 1.54) is 0 Å². The van der Waals surface area contributed by atoms with Gasteiger partial charge in [0.15, 0.2) is 0 Å². The molecule has 126 valence electrons. The summed E-state index contributed by atoms with van der Waals surface area (Å²) in [7, 11) is 0. The Kier molecular flexibility index (Phi) is 4.83. The zero-order chi connectivity index (χ0) is 17.1. The minimum Gasteiger partial charge on any atom is -0.507 e. The predicted octanol–water partition coefficient (Wildman–Crippen LogP) is 2.23. The molecule has 0 aromatic heterocycles. The first-order valence-corrected chi connectivity index (χ1v) is 8.18. The third kappa shape index (κ3) is 3.42. The molecule has 0 saturated carbocycles. The Labute approximate surface area is 142 Å². The van der Waals surface area contributed by atoms with Crippen molar-refractivity contribution in [2.45, 2.75) is 38.9 Å². The summed E-state index contributed by atoms with van der Waals surface area (Å²) in [5.74, 6) is 0.261. The van der Waals surface area contributed by atoms with Crippen LogP contribution in [0.3, 0.4) is 0 Å². The highest BCUT2D eigenvalue weighted by atomic mass is 16.3. The average Bonchev–Trinajstić information content (AvgIpc) is 3.08. The molecule has 5 nitrogen and oxygen atoms in total. The molecule has 1 aliphatic heterocycles. The van der Waals surface area contributed by atoms with Gasteiger partial charge in [-0.05, 0) is 37.0 Å². The summed E-state index contributed by atoms with van der Waals surface area (Å²) in [4.78, 5) is 12.3. The van der Waals surface area contributed by atoms with Crippen LogP contribution in [0.25, 0.3) is 0 Å². The van der Waals surface area contributed by atoms with Crippen molar-refractivity contribution in [1.82, 2.24) is 16.2 Å². The van der Waals surface area contributed by atoms with Gasteiger partial charge in [0.25, 0.3) is 0 Å². The van der Waals surface area contributed by atoms with Crippen molar-refractivity contribution in [2.24, 2.45) is 0 Å². The van der Waals surface area contributed by atoms with E-state index in [9.17, 15) is 9.90 Å².